The van der Waals surface area contributed by atoms with Gasteiger partial charge >= 0.3 is 0 Å². The topological polar surface area (TPSA) is 37.4 Å². The van der Waals surface area contributed by atoms with Gasteiger partial charge < -0.3 is 9.69 Å². The smallest absolute Gasteiger partial charge is 0.223 e. The van der Waals surface area contributed by atoms with Crippen LogP contribution in [-0.2, 0) is 9.59 Å². The van der Waals surface area contributed by atoms with Crippen molar-refractivity contribution in [1.29, 1.82) is 0 Å². The van der Waals surface area contributed by atoms with Crippen molar-refractivity contribution >= 4 is 11.7 Å². The summed E-state index contributed by atoms with van der Waals surface area (Å²) < 4.78 is 0. The Hall–Kier alpha value is -1.38. The number of carbonyl (C=O) groups is 2. The van der Waals surface area contributed by atoms with Crippen LogP contribution in [0, 0.1) is 0 Å². The Labute approximate surface area is 85.1 Å². The molecule has 0 atom stereocenters. The van der Waals surface area contributed by atoms with Crippen LogP contribution in [0.25, 0.3) is 0 Å². The van der Waals surface area contributed by atoms with E-state index in [9.17, 15) is 9.59 Å². The number of amides is 1. The minimum absolute atomic E-state index is 0.0278. The molecule has 0 aromatic rings. The van der Waals surface area contributed by atoms with Crippen molar-refractivity contribution in [1.82, 2.24) is 4.90 Å². The molecule has 0 saturated heterocycles. The summed E-state index contributed by atoms with van der Waals surface area (Å²) in [6.07, 6.45) is 3.91. The Morgan fingerprint density at radius 3 is 2.00 bits per heavy atom. The molecule has 0 aliphatic heterocycles. The molecular formula is C11H17NO2. The largest absolute Gasteiger partial charge is 0.335 e. The third-order valence-electron chi connectivity index (χ3n) is 1.74. The van der Waals surface area contributed by atoms with Gasteiger partial charge in [0.25, 0.3) is 0 Å². The van der Waals surface area contributed by atoms with E-state index in [0.29, 0.717) is 19.5 Å². The van der Waals surface area contributed by atoms with E-state index < -0.39 is 0 Å². The number of Topliss-reactive ketones (excluding diaryl/α,β-unsaturated/α-hetero) is 1. The van der Waals surface area contributed by atoms with Gasteiger partial charge in [-0.3, -0.25) is 4.79 Å². The number of ketones is 1. The third-order valence-corrected chi connectivity index (χ3v) is 1.74. The molecule has 0 spiro atoms. The highest BCUT2D eigenvalue weighted by Gasteiger charge is 2.10. The second-order valence-electron chi connectivity index (χ2n) is 3.08. The van der Waals surface area contributed by atoms with E-state index in [0.717, 1.165) is 0 Å². The van der Waals surface area contributed by atoms with Crippen LogP contribution in [0.2, 0.25) is 0 Å². The fraction of sp³-hybridized carbons (Fsp3) is 0.455. The van der Waals surface area contributed by atoms with Gasteiger partial charge in [-0.25, -0.2) is 0 Å². The Morgan fingerprint density at radius 2 is 1.64 bits per heavy atom. The lowest BCUT2D eigenvalue weighted by Crippen LogP contribution is -2.31. The maximum atomic E-state index is 11.5. The molecule has 0 rings (SSSR count). The van der Waals surface area contributed by atoms with E-state index in [2.05, 4.69) is 13.2 Å². The Balaban J connectivity index is 4.06. The molecule has 0 bridgehead atoms. The van der Waals surface area contributed by atoms with E-state index in [1.54, 1.807) is 17.1 Å². The summed E-state index contributed by atoms with van der Waals surface area (Å²) in [6.45, 7) is 9.62. The average Bonchev–Trinajstić information content (AvgIpc) is 2.14. The lowest BCUT2D eigenvalue weighted by molar-refractivity contribution is -0.132. The molecule has 1 amide bonds. The van der Waals surface area contributed by atoms with E-state index in [1.807, 2.05) is 0 Å². The minimum atomic E-state index is -0.0278. The molecular weight excluding hydrogens is 178 g/mol. The standard InChI is InChI=1S/C11H17NO2/c1-4-8-12(9-5-2)11(14)7-6-10(3)13/h4-5H,1-2,6-9H2,3H3. The van der Waals surface area contributed by atoms with Crippen LogP contribution in [0.4, 0.5) is 0 Å². The normalized spacial score (nSPS) is 9.21. The number of hydrogen-bond acceptors (Lipinski definition) is 2. The molecule has 0 aliphatic rings. The summed E-state index contributed by atoms with van der Waals surface area (Å²) in [5.74, 6) is 0.00973. The molecule has 0 aliphatic carbocycles. The zero-order valence-electron chi connectivity index (χ0n) is 8.66. The van der Waals surface area contributed by atoms with Crippen molar-refractivity contribution < 1.29 is 9.59 Å². The first-order chi connectivity index (χ1) is 6.61. The van der Waals surface area contributed by atoms with Gasteiger partial charge in [-0.15, -0.1) is 13.2 Å². The number of hydrogen-bond donors (Lipinski definition) is 0. The molecule has 3 heteroatoms. The summed E-state index contributed by atoms with van der Waals surface area (Å²) in [6, 6.07) is 0. The van der Waals surface area contributed by atoms with E-state index in [-0.39, 0.29) is 18.1 Å². The Bertz CT molecular complexity index is 223. The fourth-order valence-electron chi connectivity index (χ4n) is 1.03. The highest BCUT2D eigenvalue weighted by Crippen LogP contribution is 1.99. The maximum absolute atomic E-state index is 11.5. The SMILES string of the molecule is C=CCN(CC=C)C(=O)CCC(C)=O. The quantitative estimate of drug-likeness (QED) is 0.578. The van der Waals surface area contributed by atoms with Crippen LogP contribution in [0.15, 0.2) is 25.3 Å². The zero-order valence-corrected chi connectivity index (χ0v) is 8.66. The van der Waals surface area contributed by atoms with Gasteiger partial charge in [0, 0.05) is 25.9 Å². The number of rotatable bonds is 7. The number of carbonyl (C=O) groups excluding carboxylic acids is 2. The summed E-state index contributed by atoms with van der Waals surface area (Å²) in [7, 11) is 0. The molecule has 0 unspecified atom stereocenters. The molecule has 0 saturated carbocycles. The predicted octanol–water partition coefficient (Wildman–Crippen LogP) is 1.56. The average molecular weight is 195 g/mol. The van der Waals surface area contributed by atoms with Crippen molar-refractivity contribution in [2.45, 2.75) is 19.8 Å². The highest BCUT2D eigenvalue weighted by molar-refractivity contribution is 5.83. The van der Waals surface area contributed by atoms with Crippen LogP contribution in [0.3, 0.4) is 0 Å². The molecule has 0 aromatic heterocycles. The van der Waals surface area contributed by atoms with Crippen molar-refractivity contribution in [3.05, 3.63) is 25.3 Å². The summed E-state index contributed by atoms with van der Waals surface area (Å²) in [5.41, 5.74) is 0. The third kappa shape index (κ3) is 5.30. The van der Waals surface area contributed by atoms with E-state index >= 15 is 0 Å². The summed E-state index contributed by atoms with van der Waals surface area (Å²) in [4.78, 5) is 23.8. The second kappa shape index (κ2) is 7.06. The lowest BCUT2D eigenvalue weighted by atomic mass is 10.2. The second-order valence-corrected chi connectivity index (χ2v) is 3.08. The first-order valence-corrected chi connectivity index (χ1v) is 4.60. The van der Waals surface area contributed by atoms with E-state index in [4.69, 9.17) is 0 Å². The summed E-state index contributed by atoms with van der Waals surface area (Å²) >= 11 is 0. The van der Waals surface area contributed by atoms with Gasteiger partial charge in [-0.1, -0.05) is 12.2 Å². The molecule has 0 radical (unpaired) electrons. The van der Waals surface area contributed by atoms with Gasteiger partial charge in [0.15, 0.2) is 0 Å². The molecule has 0 N–H and O–H groups in total. The van der Waals surface area contributed by atoms with Gasteiger partial charge in [0.2, 0.25) is 5.91 Å². The van der Waals surface area contributed by atoms with Crippen LogP contribution in [0.1, 0.15) is 19.8 Å². The van der Waals surface area contributed by atoms with Crippen molar-refractivity contribution in [3.8, 4) is 0 Å². The van der Waals surface area contributed by atoms with Crippen LogP contribution in [0.5, 0.6) is 0 Å². The molecule has 78 valence electrons. The Kier molecular flexibility index (Phi) is 6.37. The van der Waals surface area contributed by atoms with Gasteiger partial charge in [0.1, 0.15) is 5.78 Å². The van der Waals surface area contributed by atoms with Crippen molar-refractivity contribution in [3.63, 3.8) is 0 Å². The molecule has 14 heavy (non-hydrogen) atoms. The minimum Gasteiger partial charge on any atom is -0.335 e. The van der Waals surface area contributed by atoms with Crippen LogP contribution < -0.4 is 0 Å². The van der Waals surface area contributed by atoms with Gasteiger partial charge in [-0.05, 0) is 6.92 Å². The maximum Gasteiger partial charge on any atom is 0.223 e. The fourth-order valence-corrected chi connectivity index (χ4v) is 1.03. The molecule has 0 aromatic carbocycles. The van der Waals surface area contributed by atoms with Gasteiger partial charge in [-0.2, -0.15) is 0 Å². The van der Waals surface area contributed by atoms with Crippen LogP contribution >= 0.6 is 0 Å². The lowest BCUT2D eigenvalue weighted by Gasteiger charge is -2.18. The molecule has 3 nitrogen and oxygen atoms in total. The zero-order chi connectivity index (χ0) is 11.0. The first kappa shape index (κ1) is 12.6. The van der Waals surface area contributed by atoms with Gasteiger partial charge in [0.05, 0.1) is 0 Å². The predicted molar refractivity (Wildman–Crippen MR) is 56.9 cm³/mol. The highest BCUT2D eigenvalue weighted by atomic mass is 16.2. The van der Waals surface area contributed by atoms with Crippen LogP contribution in [-0.4, -0.2) is 29.7 Å². The van der Waals surface area contributed by atoms with E-state index in [1.165, 1.54) is 6.92 Å². The van der Waals surface area contributed by atoms with Crippen molar-refractivity contribution in [2.75, 3.05) is 13.1 Å². The molecule has 0 fully saturated rings. The molecule has 0 heterocycles. The monoisotopic (exact) mass is 195 g/mol. The van der Waals surface area contributed by atoms with Crippen molar-refractivity contribution in [2.24, 2.45) is 0 Å². The Morgan fingerprint density at radius 1 is 1.14 bits per heavy atom. The summed E-state index contributed by atoms with van der Waals surface area (Å²) in [5, 5.41) is 0. The first-order valence-electron chi connectivity index (χ1n) is 4.60. The number of nitrogens with zero attached hydrogens (tertiary/aromatic N) is 1.